The molecule has 102 valence electrons. The number of hydrogen-bond donors (Lipinski definition) is 1. The molecule has 0 aromatic heterocycles. The first-order valence-corrected chi connectivity index (χ1v) is 5.38. The van der Waals surface area contributed by atoms with Crippen LogP contribution < -0.4 is 5.32 Å². The lowest BCUT2D eigenvalue weighted by Gasteiger charge is -2.21. The van der Waals surface area contributed by atoms with Gasteiger partial charge in [0, 0.05) is 6.04 Å². The van der Waals surface area contributed by atoms with E-state index >= 15 is 0 Å². The standard InChI is InChI=1S/C10H16F5NO/c1-3-4-5-6-7(2)16-8(17)9(11,12)10(13,14)15/h7H,3-6H2,1-2H3,(H,16,17). The van der Waals surface area contributed by atoms with E-state index in [4.69, 9.17) is 0 Å². The van der Waals surface area contributed by atoms with Gasteiger partial charge in [-0.3, -0.25) is 4.79 Å². The molecule has 0 aromatic rings. The summed E-state index contributed by atoms with van der Waals surface area (Å²) >= 11 is 0. The Labute approximate surface area is 96.6 Å². The quantitative estimate of drug-likeness (QED) is 0.577. The highest BCUT2D eigenvalue weighted by molar-refractivity contribution is 5.84. The lowest BCUT2D eigenvalue weighted by Crippen LogP contribution is -2.52. The number of unbranched alkanes of at least 4 members (excludes halogenated alkanes) is 2. The third kappa shape index (κ3) is 4.87. The first kappa shape index (κ1) is 16.1. The molecule has 0 aliphatic rings. The summed E-state index contributed by atoms with van der Waals surface area (Å²) in [6.45, 7) is 3.33. The lowest BCUT2D eigenvalue weighted by molar-refractivity contribution is -0.270. The van der Waals surface area contributed by atoms with Gasteiger partial charge in [-0.15, -0.1) is 0 Å². The van der Waals surface area contributed by atoms with Crippen molar-refractivity contribution in [3.8, 4) is 0 Å². The minimum atomic E-state index is -5.85. The van der Waals surface area contributed by atoms with E-state index in [1.807, 2.05) is 6.92 Å². The average Bonchev–Trinajstić information content (AvgIpc) is 2.16. The Bertz CT molecular complexity index is 252. The Morgan fingerprint density at radius 3 is 2.12 bits per heavy atom. The topological polar surface area (TPSA) is 29.1 Å². The third-order valence-corrected chi connectivity index (χ3v) is 2.26. The third-order valence-electron chi connectivity index (χ3n) is 2.26. The zero-order valence-electron chi connectivity index (χ0n) is 9.70. The first-order valence-electron chi connectivity index (χ1n) is 5.38. The fourth-order valence-corrected chi connectivity index (χ4v) is 1.22. The molecule has 0 radical (unpaired) electrons. The van der Waals surface area contributed by atoms with Crippen LogP contribution in [0.25, 0.3) is 0 Å². The number of amides is 1. The molecule has 2 nitrogen and oxygen atoms in total. The molecule has 0 saturated heterocycles. The molecule has 0 heterocycles. The summed E-state index contributed by atoms with van der Waals surface area (Å²) in [5.74, 6) is -7.61. The van der Waals surface area contributed by atoms with Crippen molar-refractivity contribution >= 4 is 5.91 Å². The fraction of sp³-hybridized carbons (Fsp3) is 0.900. The molecule has 0 saturated carbocycles. The van der Waals surface area contributed by atoms with Crippen molar-refractivity contribution < 1.29 is 26.7 Å². The van der Waals surface area contributed by atoms with Gasteiger partial charge in [0.25, 0.3) is 0 Å². The number of halogens is 5. The fourth-order valence-electron chi connectivity index (χ4n) is 1.22. The number of alkyl halides is 5. The summed E-state index contributed by atoms with van der Waals surface area (Å²) in [4.78, 5) is 10.8. The summed E-state index contributed by atoms with van der Waals surface area (Å²) < 4.78 is 60.6. The second-order valence-electron chi connectivity index (χ2n) is 3.94. The molecule has 1 unspecified atom stereocenters. The van der Waals surface area contributed by atoms with E-state index in [9.17, 15) is 26.7 Å². The molecular weight excluding hydrogens is 245 g/mol. The Hall–Kier alpha value is -0.880. The van der Waals surface area contributed by atoms with E-state index in [-0.39, 0.29) is 0 Å². The van der Waals surface area contributed by atoms with Crippen molar-refractivity contribution in [1.82, 2.24) is 5.32 Å². The maximum absolute atomic E-state index is 12.5. The van der Waals surface area contributed by atoms with E-state index in [1.54, 1.807) is 5.32 Å². The van der Waals surface area contributed by atoms with Crippen LogP contribution in [0.4, 0.5) is 22.0 Å². The summed E-state index contributed by atoms with van der Waals surface area (Å²) in [6.07, 6.45) is -3.04. The zero-order valence-corrected chi connectivity index (χ0v) is 9.70. The highest BCUT2D eigenvalue weighted by Gasteiger charge is 2.63. The summed E-state index contributed by atoms with van der Waals surface area (Å²) in [5, 5.41) is 1.68. The van der Waals surface area contributed by atoms with Crippen molar-refractivity contribution in [3.05, 3.63) is 0 Å². The Balaban J connectivity index is 4.25. The van der Waals surface area contributed by atoms with E-state index < -0.39 is 24.0 Å². The van der Waals surface area contributed by atoms with E-state index in [0.29, 0.717) is 12.8 Å². The van der Waals surface area contributed by atoms with Crippen LogP contribution in [0, 0.1) is 0 Å². The van der Waals surface area contributed by atoms with Gasteiger partial charge in [0.15, 0.2) is 0 Å². The summed E-state index contributed by atoms with van der Waals surface area (Å²) in [6, 6.07) is -0.692. The lowest BCUT2D eigenvalue weighted by atomic mass is 10.1. The van der Waals surface area contributed by atoms with Crippen LogP contribution in [0.2, 0.25) is 0 Å². The van der Waals surface area contributed by atoms with Crippen molar-refractivity contribution in [1.29, 1.82) is 0 Å². The summed E-state index contributed by atoms with van der Waals surface area (Å²) in [5.41, 5.74) is 0. The van der Waals surface area contributed by atoms with Gasteiger partial charge in [0.05, 0.1) is 0 Å². The van der Waals surface area contributed by atoms with Crippen LogP contribution in [0.5, 0.6) is 0 Å². The zero-order chi connectivity index (χ0) is 13.7. The molecule has 0 aliphatic heterocycles. The van der Waals surface area contributed by atoms with Gasteiger partial charge in [-0.2, -0.15) is 22.0 Å². The molecule has 1 amide bonds. The van der Waals surface area contributed by atoms with E-state index in [1.165, 1.54) is 6.92 Å². The van der Waals surface area contributed by atoms with Crippen molar-refractivity contribution in [2.24, 2.45) is 0 Å². The largest absolute Gasteiger partial charge is 0.463 e. The first-order chi connectivity index (χ1) is 7.63. The minimum Gasteiger partial charge on any atom is -0.348 e. The molecule has 0 rings (SSSR count). The number of hydrogen-bond acceptors (Lipinski definition) is 1. The minimum absolute atomic E-state index is 0.382. The van der Waals surface area contributed by atoms with Crippen LogP contribution in [0.15, 0.2) is 0 Å². The van der Waals surface area contributed by atoms with Crippen molar-refractivity contribution in [2.45, 2.75) is 57.7 Å². The van der Waals surface area contributed by atoms with Gasteiger partial charge in [-0.25, -0.2) is 0 Å². The van der Waals surface area contributed by atoms with Crippen molar-refractivity contribution in [3.63, 3.8) is 0 Å². The van der Waals surface area contributed by atoms with E-state index in [0.717, 1.165) is 12.8 Å². The second kappa shape index (κ2) is 6.16. The highest BCUT2D eigenvalue weighted by Crippen LogP contribution is 2.35. The van der Waals surface area contributed by atoms with Gasteiger partial charge >= 0.3 is 18.0 Å². The molecule has 7 heteroatoms. The summed E-state index contributed by atoms with van der Waals surface area (Å²) in [7, 11) is 0. The Morgan fingerprint density at radius 2 is 1.71 bits per heavy atom. The van der Waals surface area contributed by atoms with Crippen LogP contribution >= 0.6 is 0 Å². The van der Waals surface area contributed by atoms with Crippen LogP contribution in [0.3, 0.4) is 0 Å². The number of nitrogens with one attached hydrogen (secondary N) is 1. The molecule has 1 atom stereocenters. The van der Waals surface area contributed by atoms with Crippen LogP contribution in [-0.4, -0.2) is 24.0 Å². The second-order valence-corrected chi connectivity index (χ2v) is 3.94. The number of carbonyl (C=O) groups is 1. The maximum atomic E-state index is 12.5. The van der Waals surface area contributed by atoms with Gasteiger partial charge < -0.3 is 5.32 Å². The normalized spacial score (nSPS) is 14.5. The molecule has 0 fully saturated rings. The van der Waals surface area contributed by atoms with Gasteiger partial charge in [-0.1, -0.05) is 26.2 Å². The predicted octanol–water partition coefficient (Wildman–Crippen LogP) is 3.27. The molecule has 0 bridgehead atoms. The monoisotopic (exact) mass is 261 g/mol. The van der Waals surface area contributed by atoms with Crippen molar-refractivity contribution in [2.75, 3.05) is 0 Å². The molecule has 0 spiro atoms. The Morgan fingerprint density at radius 1 is 1.18 bits per heavy atom. The van der Waals surface area contributed by atoms with Gasteiger partial charge in [0.2, 0.25) is 0 Å². The molecule has 17 heavy (non-hydrogen) atoms. The average molecular weight is 261 g/mol. The molecule has 0 aromatic carbocycles. The number of carbonyl (C=O) groups excluding carboxylic acids is 1. The Kier molecular flexibility index (Phi) is 5.84. The van der Waals surface area contributed by atoms with E-state index in [2.05, 4.69) is 0 Å². The van der Waals surface area contributed by atoms with Gasteiger partial charge in [-0.05, 0) is 13.3 Å². The SMILES string of the molecule is CCCCCC(C)NC(=O)C(F)(F)C(F)(F)F. The number of rotatable bonds is 6. The molecular formula is C10H16F5NO. The smallest absolute Gasteiger partial charge is 0.348 e. The maximum Gasteiger partial charge on any atom is 0.463 e. The molecule has 1 N–H and O–H groups in total. The predicted molar refractivity (Wildman–Crippen MR) is 52.7 cm³/mol. The molecule has 0 aliphatic carbocycles. The van der Waals surface area contributed by atoms with Crippen LogP contribution in [-0.2, 0) is 4.79 Å². The highest BCUT2D eigenvalue weighted by atomic mass is 19.4. The van der Waals surface area contributed by atoms with Crippen LogP contribution in [0.1, 0.15) is 39.5 Å². The van der Waals surface area contributed by atoms with Gasteiger partial charge in [0.1, 0.15) is 0 Å².